The minimum absolute atomic E-state index is 0.119. The highest BCUT2D eigenvalue weighted by molar-refractivity contribution is 5.94. The first kappa shape index (κ1) is 15.6. The SMILES string of the molecule is NC1CCC2CN(C(=O)c3ccc(-n4cnc5ccccc54)cc3)CC12. The predicted molar refractivity (Wildman–Crippen MR) is 101 cm³/mol. The van der Waals surface area contributed by atoms with Crippen molar-refractivity contribution in [3.8, 4) is 5.69 Å². The van der Waals surface area contributed by atoms with Gasteiger partial charge < -0.3 is 10.6 Å². The summed E-state index contributed by atoms with van der Waals surface area (Å²) in [5.74, 6) is 1.19. The first-order valence-corrected chi connectivity index (χ1v) is 9.28. The first-order chi connectivity index (χ1) is 12.7. The molecular weight excluding hydrogens is 324 g/mol. The lowest BCUT2D eigenvalue weighted by atomic mass is 9.98. The third-order valence-electron chi connectivity index (χ3n) is 6.05. The summed E-state index contributed by atoms with van der Waals surface area (Å²) < 4.78 is 2.04. The summed E-state index contributed by atoms with van der Waals surface area (Å²) in [4.78, 5) is 19.3. The molecule has 5 rings (SSSR count). The Hall–Kier alpha value is -2.66. The van der Waals surface area contributed by atoms with Gasteiger partial charge in [-0.25, -0.2) is 4.98 Å². The van der Waals surface area contributed by atoms with Gasteiger partial charge in [-0.1, -0.05) is 12.1 Å². The quantitative estimate of drug-likeness (QED) is 0.776. The molecule has 2 fully saturated rings. The van der Waals surface area contributed by atoms with Crippen LogP contribution in [0.15, 0.2) is 54.9 Å². The Labute approximate surface area is 152 Å². The van der Waals surface area contributed by atoms with E-state index >= 15 is 0 Å². The number of aromatic nitrogens is 2. The number of para-hydroxylation sites is 2. The van der Waals surface area contributed by atoms with Crippen LogP contribution in [-0.2, 0) is 0 Å². The van der Waals surface area contributed by atoms with Crippen LogP contribution < -0.4 is 5.73 Å². The fourth-order valence-electron chi connectivity index (χ4n) is 4.59. The normalized spacial score (nSPS) is 25.0. The maximum absolute atomic E-state index is 12.9. The van der Waals surface area contributed by atoms with Crippen molar-refractivity contribution in [3.63, 3.8) is 0 Å². The van der Waals surface area contributed by atoms with Crippen molar-refractivity contribution in [2.45, 2.75) is 18.9 Å². The summed E-state index contributed by atoms with van der Waals surface area (Å²) in [6, 6.07) is 16.1. The molecule has 26 heavy (non-hydrogen) atoms. The zero-order valence-corrected chi connectivity index (χ0v) is 14.6. The van der Waals surface area contributed by atoms with Crippen molar-refractivity contribution in [1.29, 1.82) is 0 Å². The van der Waals surface area contributed by atoms with E-state index in [-0.39, 0.29) is 11.9 Å². The zero-order valence-electron chi connectivity index (χ0n) is 14.6. The van der Waals surface area contributed by atoms with Crippen LogP contribution in [0.3, 0.4) is 0 Å². The Balaban J connectivity index is 1.38. The second-order valence-electron chi connectivity index (χ2n) is 7.53. The number of rotatable bonds is 2. The van der Waals surface area contributed by atoms with E-state index in [9.17, 15) is 4.79 Å². The molecule has 2 heterocycles. The Morgan fingerprint density at radius 2 is 1.85 bits per heavy atom. The molecule has 0 bridgehead atoms. The molecule has 1 saturated heterocycles. The van der Waals surface area contributed by atoms with Crippen molar-refractivity contribution >= 4 is 16.9 Å². The van der Waals surface area contributed by atoms with Crippen molar-refractivity contribution in [2.75, 3.05) is 13.1 Å². The van der Waals surface area contributed by atoms with Gasteiger partial charge in [-0.2, -0.15) is 0 Å². The summed E-state index contributed by atoms with van der Waals surface area (Å²) in [6.07, 6.45) is 4.08. The molecule has 0 radical (unpaired) electrons. The molecule has 3 unspecified atom stereocenters. The van der Waals surface area contributed by atoms with Crippen LogP contribution in [0.1, 0.15) is 23.2 Å². The van der Waals surface area contributed by atoms with E-state index in [0.29, 0.717) is 11.8 Å². The van der Waals surface area contributed by atoms with Crippen LogP contribution >= 0.6 is 0 Å². The highest BCUT2D eigenvalue weighted by Crippen LogP contribution is 2.37. The van der Waals surface area contributed by atoms with E-state index in [1.54, 1.807) is 0 Å². The van der Waals surface area contributed by atoms with Crippen molar-refractivity contribution in [3.05, 3.63) is 60.4 Å². The fourth-order valence-corrected chi connectivity index (χ4v) is 4.59. The zero-order chi connectivity index (χ0) is 17.7. The molecule has 3 aromatic rings. The lowest BCUT2D eigenvalue weighted by molar-refractivity contribution is 0.0779. The van der Waals surface area contributed by atoms with E-state index < -0.39 is 0 Å². The fraction of sp³-hybridized carbons (Fsp3) is 0.333. The monoisotopic (exact) mass is 346 g/mol. The van der Waals surface area contributed by atoms with Crippen LogP contribution in [0.4, 0.5) is 0 Å². The standard InChI is InChI=1S/C21H22N4O/c22-18-10-7-15-11-24(12-17(15)18)21(26)14-5-8-16(9-6-14)25-13-23-19-3-1-2-4-20(19)25/h1-6,8-9,13,15,17-18H,7,10-12,22H2. The molecule has 2 aliphatic rings. The summed E-state index contributed by atoms with van der Waals surface area (Å²) in [6.45, 7) is 1.66. The van der Waals surface area contributed by atoms with Crippen LogP contribution in [0.5, 0.6) is 0 Å². The van der Waals surface area contributed by atoms with E-state index in [0.717, 1.165) is 48.2 Å². The number of carbonyl (C=O) groups excluding carboxylic acids is 1. The number of nitrogens with two attached hydrogens (primary N) is 1. The van der Waals surface area contributed by atoms with Gasteiger partial charge in [-0.3, -0.25) is 9.36 Å². The lowest BCUT2D eigenvalue weighted by Gasteiger charge is -2.19. The van der Waals surface area contributed by atoms with Gasteiger partial charge in [0.2, 0.25) is 0 Å². The van der Waals surface area contributed by atoms with Crippen LogP contribution in [-0.4, -0.2) is 39.5 Å². The van der Waals surface area contributed by atoms with Gasteiger partial charge in [0.15, 0.2) is 0 Å². The molecule has 2 aromatic carbocycles. The van der Waals surface area contributed by atoms with Crippen molar-refractivity contribution in [1.82, 2.24) is 14.5 Å². The Morgan fingerprint density at radius 3 is 2.65 bits per heavy atom. The number of fused-ring (bicyclic) bond motifs is 2. The number of amides is 1. The molecule has 3 atom stereocenters. The van der Waals surface area contributed by atoms with Gasteiger partial charge in [0.1, 0.15) is 6.33 Å². The van der Waals surface area contributed by atoms with E-state index in [1.807, 2.05) is 64.3 Å². The summed E-state index contributed by atoms with van der Waals surface area (Å²) in [5, 5.41) is 0. The Morgan fingerprint density at radius 1 is 1.04 bits per heavy atom. The van der Waals surface area contributed by atoms with Gasteiger partial charge in [0.05, 0.1) is 11.0 Å². The summed E-state index contributed by atoms with van der Waals surface area (Å²) in [5.41, 5.74) is 9.97. The average Bonchev–Trinajstić information content (AvgIpc) is 3.37. The number of nitrogens with zero attached hydrogens (tertiary/aromatic N) is 3. The third kappa shape index (κ3) is 2.42. The minimum Gasteiger partial charge on any atom is -0.338 e. The minimum atomic E-state index is 0.119. The number of likely N-dealkylation sites (tertiary alicyclic amines) is 1. The predicted octanol–water partition coefficient (Wildman–Crippen LogP) is 2.83. The highest BCUT2D eigenvalue weighted by Gasteiger charge is 2.42. The molecule has 1 saturated carbocycles. The summed E-state index contributed by atoms with van der Waals surface area (Å²) in [7, 11) is 0. The van der Waals surface area contributed by atoms with Crippen molar-refractivity contribution < 1.29 is 4.79 Å². The maximum atomic E-state index is 12.9. The van der Waals surface area contributed by atoms with Gasteiger partial charge in [0, 0.05) is 30.4 Å². The van der Waals surface area contributed by atoms with Gasteiger partial charge in [0.25, 0.3) is 5.91 Å². The Bertz CT molecular complexity index is 962. The topological polar surface area (TPSA) is 64.2 Å². The molecule has 5 heteroatoms. The first-order valence-electron chi connectivity index (χ1n) is 9.28. The van der Waals surface area contributed by atoms with E-state index in [1.165, 1.54) is 0 Å². The molecule has 1 amide bonds. The number of hydrogen-bond acceptors (Lipinski definition) is 3. The average molecular weight is 346 g/mol. The van der Waals surface area contributed by atoms with Gasteiger partial charge >= 0.3 is 0 Å². The van der Waals surface area contributed by atoms with Gasteiger partial charge in [-0.15, -0.1) is 0 Å². The van der Waals surface area contributed by atoms with Crippen LogP contribution in [0.25, 0.3) is 16.7 Å². The second-order valence-corrected chi connectivity index (χ2v) is 7.53. The number of hydrogen-bond donors (Lipinski definition) is 1. The highest BCUT2D eigenvalue weighted by atomic mass is 16.2. The van der Waals surface area contributed by atoms with Gasteiger partial charge in [-0.05, 0) is 61.1 Å². The third-order valence-corrected chi connectivity index (χ3v) is 6.05. The smallest absolute Gasteiger partial charge is 0.253 e. The molecule has 0 spiro atoms. The van der Waals surface area contributed by atoms with E-state index in [2.05, 4.69) is 4.98 Å². The molecule has 1 aliphatic heterocycles. The van der Waals surface area contributed by atoms with Crippen molar-refractivity contribution in [2.24, 2.45) is 17.6 Å². The Kier molecular flexibility index (Phi) is 3.57. The number of benzene rings is 2. The second kappa shape index (κ2) is 5.95. The maximum Gasteiger partial charge on any atom is 0.253 e. The number of carbonyl (C=O) groups is 1. The molecular formula is C21H22N4O. The number of imidazole rings is 1. The molecule has 2 N–H and O–H groups in total. The molecule has 1 aliphatic carbocycles. The molecule has 1 aromatic heterocycles. The van der Waals surface area contributed by atoms with Crippen LogP contribution in [0.2, 0.25) is 0 Å². The lowest BCUT2D eigenvalue weighted by Crippen LogP contribution is -2.33. The van der Waals surface area contributed by atoms with Crippen LogP contribution in [0, 0.1) is 11.8 Å². The van der Waals surface area contributed by atoms with E-state index in [4.69, 9.17) is 5.73 Å². The largest absolute Gasteiger partial charge is 0.338 e. The summed E-state index contributed by atoms with van der Waals surface area (Å²) >= 11 is 0. The molecule has 132 valence electrons. The molecule has 5 nitrogen and oxygen atoms in total.